The van der Waals surface area contributed by atoms with Gasteiger partial charge in [0.25, 0.3) is 0 Å². The second-order valence-corrected chi connectivity index (χ2v) is 3.53. The van der Waals surface area contributed by atoms with Crippen LogP contribution in [0.2, 0.25) is 0 Å². The zero-order valence-corrected chi connectivity index (χ0v) is 7.05. The Labute approximate surface area is 69.4 Å². The van der Waals surface area contributed by atoms with Crippen molar-refractivity contribution in [1.82, 2.24) is 0 Å². The van der Waals surface area contributed by atoms with Gasteiger partial charge in [-0.05, 0) is 44.1 Å². The molecule has 1 rings (SSSR count). The molecule has 1 aliphatic rings. The average molecular weight is 151 g/mol. The zero-order valence-electron chi connectivity index (χ0n) is 7.05. The first-order valence-electron chi connectivity index (χ1n) is 4.50. The van der Waals surface area contributed by atoms with Gasteiger partial charge in [-0.2, -0.15) is 0 Å². The van der Waals surface area contributed by atoms with E-state index >= 15 is 0 Å². The summed E-state index contributed by atoms with van der Waals surface area (Å²) in [7, 11) is 0. The highest BCUT2D eigenvalue weighted by atomic mass is 14.5. The van der Waals surface area contributed by atoms with Crippen LogP contribution < -0.4 is 5.73 Å². The number of hydrogen-bond donors (Lipinski definition) is 1. The van der Waals surface area contributed by atoms with Gasteiger partial charge in [0.2, 0.25) is 0 Å². The van der Waals surface area contributed by atoms with Crippen LogP contribution in [0, 0.1) is 24.2 Å². The minimum Gasteiger partial charge on any atom is -0.330 e. The molecule has 0 aromatic heterocycles. The normalized spacial score (nSPS) is 31.3. The number of terminal acetylenes is 1. The average Bonchev–Trinajstić information content (AvgIpc) is 2.07. The van der Waals surface area contributed by atoms with E-state index in [-0.39, 0.29) is 0 Å². The fraction of sp³-hybridized carbons (Fsp3) is 0.800. The molecule has 1 aliphatic carbocycles. The van der Waals surface area contributed by atoms with Gasteiger partial charge in [0.15, 0.2) is 0 Å². The Bertz CT molecular complexity index is 137. The first-order chi connectivity index (χ1) is 5.36. The van der Waals surface area contributed by atoms with Crippen LogP contribution in [-0.4, -0.2) is 6.54 Å². The van der Waals surface area contributed by atoms with Gasteiger partial charge in [0.05, 0.1) is 0 Å². The summed E-state index contributed by atoms with van der Waals surface area (Å²) >= 11 is 0. The third-order valence-electron chi connectivity index (χ3n) is 2.71. The van der Waals surface area contributed by atoms with E-state index in [2.05, 4.69) is 5.92 Å². The van der Waals surface area contributed by atoms with Crippen LogP contribution in [0.3, 0.4) is 0 Å². The first-order valence-corrected chi connectivity index (χ1v) is 4.50. The molecule has 0 amide bonds. The molecule has 62 valence electrons. The van der Waals surface area contributed by atoms with Crippen molar-refractivity contribution in [2.45, 2.75) is 32.1 Å². The minimum atomic E-state index is 0.782. The van der Waals surface area contributed by atoms with E-state index in [1.165, 1.54) is 25.7 Å². The monoisotopic (exact) mass is 151 g/mol. The molecule has 0 heterocycles. The number of rotatable bonds is 2. The fourth-order valence-corrected chi connectivity index (χ4v) is 1.84. The summed E-state index contributed by atoms with van der Waals surface area (Å²) < 4.78 is 0. The predicted molar refractivity (Wildman–Crippen MR) is 48.0 cm³/mol. The van der Waals surface area contributed by atoms with Crippen molar-refractivity contribution in [3.05, 3.63) is 0 Å². The highest BCUT2D eigenvalue weighted by Gasteiger charge is 2.18. The van der Waals surface area contributed by atoms with Gasteiger partial charge in [-0.3, -0.25) is 0 Å². The molecule has 0 bridgehead atoms. The van der Waals surface area contributed by atoms with E-state index in [0.717, 1.165) is 24.8 Å². The second-order valence-electron chi connectivity index (χ2n) is 3.53. The van der Waals surface area contributed by atoms with Crippen LogP contribution in [0.1, 0.15) is 32.1 Å². The van der Waals surface area contributed by atoms with E-state index in [9.17, 15) is 0 Å². The summed E-state index contributed by atoms with van der Waals surface area (Å²) in [5, 5.41) is 0. The predicted octanol–water partition coefficient (Wildman–Crippen LogP) is 1.77. The maximum absolute atomic E-state index is 5.58. The maximum atomic E-state index is 5.58. The largest absolute Gasteiger partial charge is 0.330 e. The highest BCUT2D eigenvalue weighted by Crippen LogP contribution is 2.29. The molecule has 2 N–H and O–H groups in total. The maximum Gasteiger partial charge on any atom is 0.0114 e. The van der Waals surface area contributed by atoms with Crippen molar-refractivity contribution in [1.29, 1.82) is 0 Å². The lowest BCUT2D eigenvalue weighted by molar-refractivity contribution is 0.283. The summed E-state index contributed by atoms with van der Waals surface area (Å²) in [5.41, 5.74) is 5.58. The fourth-order valence-electron chi connectivity index (χ4n) is 1.84. The summed E-state index contributed by atoms with van der Waals surface area (Å²) in [6.07, 6.45) is 11.4. The SMILES string of the molecule is C#CCC1CCC(CN)CC1. The van der Waals surface area contributed by atoms with Crippen LogP contribution in [0.25, 0.3) is 0 Å². The van der Waals surface area contributed by atoms with Crippen LogP contribution in [0.15, 0.2) is 0 Å². The minimum absolute atomic E-state index is 0.782. The summed E-state index contributed by atoms with van der Waals surface area (Å²) in [6.45, 7) is 0.864. The van der Waals surface area contributed by atoms with Gasteiger partial charge in [-0.15, -0.1) is 12.3 Å². The summed E-state index contributed by atoms with van der Waals surface area (Å²) in [5.74, 6) is 4.31. The molecule has 11 heavy (non-hydrogen) atoms. The van der Waals surface area contributed by atoms with E-state index in [1.54, 1.807) is 0 Å². The molecule has 1 saturated carbocycles. The third-order valence-corrected chi connectivity index (χ3v) is 2.71. The number of nitrogens with two attached hydrogens (primary N) is 1. The molecule has 0 aromatic rings. The van der Waals surface area contributed by atoms with Gasteiger partial charge < -0.3 is 5.73 Å². The van der Waals surface area contributed by atoms with Gasteiger partial charge in [-0.25, -0.2) is 0 Å². The van der Waals surface area contributed by atoms with Crippen molar-refractivity contribution in [2.75, 3.05) is 6.54 Å². The van der Waals surface area contributed by atoms with Crippen molar-refractivity contribution < 1.29 is 0 Å². The van der Waals surface area contributed by atoms with Crippen molar-refractivity contribution in [2.24, 2.45) is 17.6 Å². The van der Waals surface area contributed by atoms with Crippen LogP contribution in [-0.2, 0) is 0 Å². The van der Waals surface area contributed by atoms with E-state index in [0.29, 0.717) is 0 Å². The Kier molecular flexibility index (Phi) is 3.45. The Morgan fingerprint density at radius 1 is 1.18 bits per heavy atom. The molecule has 0 atom stereocenters. The van der Waals surface area contributed by atoms with E-state index < -0.39 is 0 Å². The lowest BCUT2D eigenvalue weighted by Gasteiger charge is -2.26. The molecular formula is C10H17N. The lowest BCUT2D eigenvalue weighted by Crippen LogP contribution is -2.21. The summed E-state index contributed by atoms with van der Waals surface area (Å²) in [6, 6.07) is 0. The highest BCUT2D eigenvalue weighted by molar-refractivity contribution is 4.88. The lowest BCUT2D eigenvalue weighted by atomic mass is 9.81. The molecule has 1 nitrogen and oxygen atoms in total. The topological polar surface area (TPSA) is 26.0 Å². The molecular weight excluding hydrogens is 134 g/mol. The zero-order chi connectivity index (χ0) is 8.10. The van der Waals surface area contributed by atoms with Crippen LogP contribution in [0.4, 0.5) is 0 Å². The molecule has 0 saturated heterocycles. The standard InChI is InChI=1S/C10H17N/c1-2-3-9-4-6-10(8-11)7-5-9/h1,9-10H,3-8,11H2. The first kappa shape index (κ1) is 8.62. The van der Waals surface area contributed by atoms with Gasteiger partial charge >= 0.3 is 0 Å². The third kappa shape index (κ3) is 2.55. The van der Waals surface area contributed by atoms with E-state index in [1.807, 2.05) is 0 Å². The van der Waals surface area contributed by atoms with Gasteiger partial charge in [0, 0.05) is 6.42 Å². The van der Waals surface area contributed by atoms with Crippen LogP contribution in [0.5, 0.6) is 0 Å². The Morgan fingerprint density at radius 3 is 2.18 bits per heavy atom. The molecule has 0 unspecified atom stereocenters. The molecule has 0 radical (unpaired) electrons. The Morgan fingerprint density at radius 2 is 1.73 bits per heavy atom. The molecule has 0 spiro atoms. The van der Waals surface area contributed by atoms with Crippen molar-refractivity contribution in [3.63, 3.8) is 0 Å². The smallest absolute Gasteiger partial charge is 0.0114 e. The molecule has 0 aliphatic heterocycles. The Balaban J connectivity index is 2.20. The van der Waals surface area contributed by atoms with Gasteiger partial charge in [0.1, 0.15) is 0 Å². The van der Waals surface area contributed by atoms with Gasteiger partial charge in [-0.1, -0.05) is 0 Å². The summed E-state index contributed by atoms with van der Waals surface area (Å²) in [4.78, 5) is 0. The molecule has 0 aromatic carbocycles. The Hall–Kier alpha value is -0.480. The van der Waals surface area contributed by atoms with Crippen LogP contribution >= 0.6 is 0 Å². The van der Waals surface area contributed by atoms with Crippen molar-refractivity contribution in [3.8, 4) is 12.3 Å². The quantitative estimate of drug-likeness (QED) is 0.598. The second kappa shape index (κ2) is 4.41. The number of hydrogen-bond acceptors (Lipinski definition) is 1. The van der Waals surface area contributed by atoms with E-state index in [4.69, 9.17) is 12.2 Å². The van der Waals surface area contributed by atoms with Crippen molar-refractivity contribution >= 4 is 0 Å². The molecule has 1 fully saturated rings. The molecule has 1 heteroatoms.